The van der Waals surface area contributed by atoms with Gasteiger partial charge in [-0.05, 0) is 49.3 Å². The van der Waals surface area contributed by atoms with E-state index in [-0.39, 0.29) is 11.5 Å². The molecule has 2 aliphatic rings. The molecule has 0 aromatic heterocycles. The van der Waals surface area contributed by atoms with Crippen molar-refractivity contribution in [2.45, 2.75) is 25.7 Å². The first-order chi connectivity index (χ1) is 9.13. The molecule has 0 spiro atoms. The van der Waals surface area contributed by atoms with Crippen LogP contribution in [0.1, 0.15) is 36.0 Å². The van der Waals surface area contributed by atoms with E-state index >= 15 is 0 Å². The fraction of sp³-hybridized carbons (Fsp3) is 0.533. The molecule has 3 rings (SSSR count). The highest BCUT2D eigenvalue weighted by atomic mass is 35.5. The van der Waals surface area contributed by atoms with Crippen LogP contribution in [-0.4, -0.2) is 23.9 Å². The third-order valence-electron chi connectivity index (χ3n) is 4.29. The Morgan fingerprint density at radius 2 is 1.95 bits per heavy atom. The van der Waals surface area contributed by atoms with E-state index in [0.29, 0.717) is 16.9 Å². The van der Waals surface area contributed by atoms with E-state index in [1.807, 2.05) is 4.90 Å². The fourth-order valence-electron chi connectivity index (χ4n) is 3.43. The highest BCUT2D eigenvalue weighted by Gasteiger charge is 2.33. The highest BCUT2D eigenvalue weighted by Crippen LogP contribution is 2.35. The molecule has 1 amide bonds. The van der Waals surface area contributed by atoms with Crippen molar-refractivity contribution in [3.63, 3.8) is 0 Å². The van der Waals surface area contributed by atoms with Crippen molar-refractivity contribution in [2.75, 3.05) is 13.1 Å². The number of carbonyl (C=O) groups is 1. The number of piperidine rings is 1. The summed E-state index contributed by atoms with van der Waals surface area (Å²) in [6.45, 7) is 1.53. The van der Waals surface area contributed by atoms with Crippen LogP contribution in [-0.2, 0) is 0 Å². The summed E-state index contributed by atoms with van der Waals surface area (Å²) < 4.78 is 13.8. The molecule has 1 aromatic rings. The van der Waals surface area contributed by atoms with Crippen molar-refractivity contribution in [3.8, 4) is 0 Å². The average Bonchev–Trinajstić information content (AvgIpc) is 2.40. The fourth-order valence-corrected chi connectivity index (χ4v) is 3.60. The van der Waals surface area contributed by atoms with Gasteiger partial charge in [0.1, 0.15) is 5.82 Å². The van der Waals surface area contributed by atoms with Gasteiger partial charge in [-0.3, -0.25) is 4.79 Å². The zero-order chi connectivity index (χ0) is 13.4. The Bertz CT molecular complexity index is 493. The van der Waals surface area contributed by atoms with Gasteiger partial charge in [0.25, 0.3) is 5.91 Å². The molecular weight excluding hydrogens is 265 g/mol. The Morgan fingerprint density at radius 1 is 1.26 bits per heavy atom. The second-order valence-electron chi connectivity index (χ2n) is 5.73. The average molecular weight is 282 g/mol. The van der Waals surface area contributed by atoms with Crippen LogP contribution in [0, 0.1) is 17.7 Å². The molecular formula is C15H17ClFNO. The third-order valence-corrected chi connectivity index (χ3v) is 4.53. The maximum Gasteiger partial charge on any atom is 0.256 e. The lowest BCUT2D eigenvalue weighted by Gasteiger charge is -2.41. The summed E-state index contributed by atoms with van der Waals surface area (Å²) in [6.07, 6.45) is 4.88. The summed E-state index contributed by atoms with van der Waals surface area (Å²) in [5.74, 6) is 0.499. The first kappa shape index (κ1) is 12.9. The molecule has 1 aliphatic heterocycles. The molecule has 2 atom stereocenters. The van der Waals surface area contributed by atoms with Crippen molar-refractivity contribution in [3.05, 3.63) is 34.6 Å². The van der Waals surface area contributed by atoms with Crippen molar-refractivity contribution in [1.82, 2.24) is 4.90 Å². The smallest absolute Gasteiger partial charge is 0.256 e. The van der Waals surface area contributed by atoms with E-state index in [9.17, 15) is 9.18 Å². The second-order valence-corrected chi connectivity index (χ2v) is 6.17. The normalized spacial score (nSPS) is 26.3. The number of carbonyl (C=O) groups excluding carboxylic acids is 1. The first-order valence-electron chi connectivity index (χ1n) is 6.88. The summed E-state index contributed by atoms with van der Waals surface area (Å²) in [7, 11) is 0. The van der Waals surface area contributed by atoms with Crippen molar-refractivity contribution in [1.29, 1.82) is 0 Å². The van der Waals surface area contributed by atoms with Gasteiger partial charge < -0.3 is 4.90 Å². The minimum absolute atomic E-state index is 0.104. The third kappa shape index (κ3) is 2.62. The maximum absolute atomic E-state index is 13.8. The van der Waals surface area contributed by atoms with Crippen molar-refractivity contribution < 1.29 is 9.18 Å². The van der Waals surface area contributed by atoms with Gasteiger partial charge in [-0.1, -0.05) is 18.0 Å². The predicted octanol–water partition coefficient (Wildman–Crippen LogP) is 3.74. The van der Waals surface area contributed by atoms with Gasteiger partial charge in [0.05, 0.1) is 5.56 Å². The molecule has 0 unspecified atom stereocenters. The molecule has 2 bridgehead atoms. The summed E-state index contributed by atoms with van der Waals surface area (Å²) in [4.78, 5) is 14.2. The number of fused-ring (bicyclic) bond motifs is 2. The lowest BCUT2D eigenvalue weighted by Crippen LogP contribution is -2.45. The monoisotopic (exact) mass is 281 g/mol. The van der Waals surface area contributed by atoms with Crippen LogP contribution in [0.4, 0.5) is 4.39 Å². The van der Waals surface area contributed by atoms with Gasteiger partial charge in [-0.25, -0.2) is 4.39 Å². The minimum atomic E-state index is -0.481. The van der Waals surface area contributed by atoms with Crippen LogP contribution in [0.5, 0.6) is 0 Å². The topological polar surface area (TPSA) is 20.3 Å². The summed E-state index contributed by atoms with van der Waals surface area (Å²) >= 11 is 5.86. The molecule has 2 nitrogen and oxygen atoms in total. The van der Waals surface area contributed by atoms with Crippen LogP contribution >= 0.6 is 11.6 Å². The molecule has 0 N–H and O–H groups in total. The Balaban J connectivity index is 1.82. The Hall–Kier alpha value is -1.09. The number of hydrogen-bond donors (Lipinski definition) is 0. The number of hydrogen-bond acceptors (Lipinski definition) is 1. The lowest BCUT2D eigenvalue weighted by atomic mass is 9.78. The number of halogens is 2. The summed E-state index contributed by atoms with van der Waals surface area (Å²) in [5.41, 5.74) is 0.104. The number of nitrogens with zero attached hydrogens (tertiary/aromatic N) is 1. The highest BCUT2D eigenvalue weighted by molar-refractivity contribution is 6.31. The quantitative estimate of drug-likeness (QED) is 0.768. The second kappa shape index (κ2) is 5.12. The molecule has 4 heteroatoms. The molecule has 1 heterocycles. The van der Waals surface area contributed by atoms with Crippen LogP contribution in [0.25, 0.3) is 0 Å². The summed E-state index contributed by atoms with van der Waals surface area (Å²) in [6, 6.07) is 4.17. The maximum atomic E-state index is 13.8. The SMILES string of the molecule is O=C(c1cc(Cl)ccc1F)N1C[C@@H]2CCC[C@H](C2)C1. The largest absolute Gasteiger partial charge is 0.338 e. The molecule has 0 radical (unpaired) electrons. The minimum Gasteiger partial charge on any atom is -0.338 e. The Labute approximate surface area is 117 Å². The van der Waals surface area contributed by atoms with Gasteiger partial charge >= 0.3 is 0 Å². The zero-order valence-corrected chi connectivity index (χ0v) is 11.5. The predicted molar refractivity (Wildman–Crippen MR) is 72.8 cm³/mol. The molecule has 1 aromatic carbocycles. The van der Waals surface area contributed by atoms with E-state index < -0.39 is 5.82 Å². The van der Waals surface area contributed by atoms with Gasteiger partial charge in [0.2, 0.25) is 0 Å². The molecule has 1 saturated heterocycles. The van der Waals surface area contributed by atoms with Gasteiger partial charge in [0.15, 0.2) is 0 Å². The molecule has 2 fully saturated rings. The van der Waals surface area contributed by atoms with Crippen LogP contribution in [0.3, 0.4) is 0 Å². The zero-order valence-electron chi connectivity index (χ0n) is 10.7. The Morgan fingerprint density at radius 3 is 2.63 bits per heavy atom. The van der Waals surface area contributed by atoms with E-state index in [1.165, 1.54) is 43.9 Å². The Kier molecular flexibility index (Phi) is 3.48. The van der Waals surface area contributed by atoms with Crippen LogP contribution < -0.4 is 0 Å². The standard InChI is InChI=1S/C15H17ClFNO/c16-12-4-5-14(17)13(7-12)15(19)18-8-10-2-1-3-11(6-10)9-18/h4-5,7,10-11H,1-3,6,8-9H2/t10-,11-/m1/s1. The van der Waals surface area contributed by atoms with E-state index in [1.54, 1.807) is 0 Å². The van der Waals surface area contributed by atoms with Crippen LogP contribution in [0.2, 0.25) is 5.02 Å². The molecule has 19 heavy (non-hydrogen) atoms. The van der Waals surface area contributed by atoms with Gasteiger partial charge in [-0.15, -0.1) is 0 Å². The summed E-state index contributed by atoms with van der Waals surface area (Å²) in [5, 5.41) is 0.405. The van der Waals surface area contributed by atoms with E-state index in [2.05, 4.69) is 0 Å². The van der Waals surface area contributed by atoms with Crippen molar-refractivity contribution in [2.24, 2.45) is 11.8 Å². The van der Waals surface area contributed by atoms with Gasteiger partial charge in [-0.2, -0.15) is 0 Å². The number of rotatable bonds is 1. The number of likely N-dealkylation sites (tertiary alicyclic amines) is 1. The first-order valence-corrected chi connectivity index (χ1v) is 7.25. The van der Waals surface area contributed by atoms with E-state index in [0.717, 1.165) is 13.1 Å². The molecule has 102 valence electrons. The molecule has 1 aliphatic carbocycles. The van der Waals surface area contributed by atoms with Crippen LogP contribution in [0.15, 0.2) is 18.2 Å². The number of amides is 1. The molecule has 1 saturated carbocycles. The number of benzene rings is 1. The van der Waals surface area contributed by atoms with Crippen molar-refractivity contribution >= 4 is 17.5 Å². The lowest BCUT2D eigenvalue weighted by molar-refractivity contribution is 0.0500. The van der Waals surface area contributed by atoms with Gasteiger partial charge in [0, 0.05) is 18.1 Å². The van der Waals surface area contributed by atoms with E-state index in [4.69, 9.17) is 11.6 Å².